The molecule has 0 heterocycles. The lowest BCUT2D eigenvalue weighted by Crippen LogP contribution is -2.18. The van der Waals surface area contributed by atoms with E-state index in [4.69, 9.17) is 21.1 Å². The molecule has 3 aromatic carbocycles. The zero-order valence-corrected chi connectivity index (χ0v) is 16.9. The van der Waals surface area contributed by atoms with E-state index in [0.29, 0.717) is 34.3 Å². The summed E-state index contributed by atoms with van der Waals surface area (Å²) in [5.74, 6) is 0.666. The normalized spacial score (nSPS) is 10.7. The summed E-state index contributed by atoms with van der Waals surface area (Å²) in [5, 5.41) is 4.41. The Morgan fingerprint density at radius 2 is 1.83 bits per heavy atom. The summed E-state index contributed by atoms with van der Waals surface area (Å²) in [6.07, 6.45) is 1.51. The number of halogens is 1. The number of hydrogen-bond donors (Lipinski definition) is 1. The second kappa shape index (κ2) is 9.75. The van der Waals surface area contributed by atoms with E-state index >= 15 is 0 Å². The van der Waals surface area contributed by atoms with E-state index in [1.807, 2.05) is 55.5 Å². The van der Waals surface area contributed by atoms with E-state index in [-0.39, 0.29) is 5.91 Å². The molecule has 0 radical (unpaired) electrons. The molecule has 0 aliphatic heterocycles. The van der Waals surface area contributed by atoms with Gasteiger partial charge >= 0.3 is 0 Å². The van der Waals surface area contributed by atoms with Gasteiger partial charge in [-0.1, -0.05) is 60.1 Å². The first-order chi connectivity index (χ1) is 14.1. The summed E-state index contributed by atoms with van der Waals surface area (Å²) in [7, 11) is 1.54. The average molecular weight is 409 g/mol. The van der Waals surface area contributed by atoms with E-state index in [2.05, 4.69) is 10.5 Å². The first kappa shape index (κ1) is 20.4. The molecular weight excluding hydrogens is 388 g/mol. The molecule has 1 amide bonds. The Balaban J connectivity index is 1.70. The minimum atomic E-state index is -0.278. The van der Waals surface area contributed by atoms with Gasteiger partial charge in [-0.25, -0.2) is 5.43 Å². The van der Waals surface area contributed by atoms with Gasteiger partial charge in [0, 0.05) is 5.56 Å². The first-order valence-electron chi connectivity index (χ1n) is 9.02. The first-order valence-corrected chi connectivity index (χ1v) is 9.39. The van der Waals surface area contributed by atoms with Crippen molar-refractivity contribution in [2.45, 2.75) is 13.5 Å². The maximum absolute atomic E-state index is 12.2. The molecule has 0 aliphatic carbocycles. The molecule has 0 unspecified atom stereocenters. The number of aryl methyl sites for hydroxylation is 1. The van der Waals surface area contributed by atoms with Gasteiger partial charge in [0.15, 0.2) is 11.5 Å². The summed E-state index contributed by atoms with van der Waals surface area (Å²) in [6.45, 7) is 2.24. The molecular formula is C23H21ClN2O3. The van der Waals surface area contributed by atoms with Crippen LogP contribution in [0, 0.1) is 6.92 Å². The third-order valence-corrected chi connectivity index (χ3v) is 4.53. The summed E-state index contributed by atoms with van der Waals surface area (Å²) < 4.78 is 11.3. The lowest BCUT2D eigenvalue weighted by Gasteiger charge is -2.13. The number of carbonyl (C=O) groups excluding carboxylic acids is 1. The second-order valence-corrected chi connectivity index (χ2v) is 6.73. The number of methoxy groups -OCH3 is 1. The molecule has 0 aliphatic rings. The molecule has 5 nitrogen and oxygen atoms in total. The molecule has 0 aromatic heterocycles. The number of amides is 1. The molecule has 3 rings (SSSR count). The van der Waals surface area contributed by atoms with Gasteiger partial charge in [0.2, 0.25) is 0 Å². The van der Waals surface area contributed by atoms with Crippen molar-refractivity contribution in [3.8, 4) is 11.5 Å². The number of hydrazone groups is 1. The smallest absolute Gasteiger partial charge is 0.271 e. The van der Waals surface area contributed by atoms with Gasteiger partial charge in [-0.15, -0.1) is 0 Å². The second-order valence-electron chi connectivity index (χ2n) is 6.32. The van der Waals surface area contributed by atoms with E-state index in [1.165, 1.54) is 6.21 Å². The molecule has 0 fully saturated rings. The Kier molecular flexibility index (Phi) is 6.87. The molecule has 0 saturated heterocycles. The standard InChI is InChI=1S/C23H21ClN2O3/c1-16-8-6-7-11-19(16)23(27)26-25-14-18-12-20(24)22(21(13-18)28-2)29-15-17-9-4-3-5-10-17/h3-14H,15H2,1-2H3,(H,26,27)/b25-14-. The number of ether oxygens (including phenoxy) is 2. The van der Waals surface area contributed by atoms with Crippen molar-refractivity contribution in [2.75, 3.05) is 7.11 Å². The molecule has 29 heavy (non-hydrogen) atoms. The molecule has 0 saturated carbocycles. The molecule has 0 atom stereocenters. The van der Waals surface area contributed by atoms with Crippen LogP contribution in [-0.2, 0) is 6.61 Å². The lowest BCUT2D eigenvalue weighted by molar-refractivity contribution is 0.0954. The van der Waals surface area contributed by atoms with Gasteiger partial charge in [-0.05, 0) is 41.8 Å². The predicted molar refractivity (Wildman–Crippen MR) is 115 cm³/mol. The van der Waals surface area contributed by atoms with Crippen molar-refractivity contribution < 1.29 is 14.3 Å². The van der Waals surface area contributed by atoms with Crippen LogP contribution in [0.4, 0.5) is 0 Å². The van der Waals surface area contributed by atoms with Gasteiger partial charge in [0.1, 0.15) is 6.61 Å². The Labute approximate surface area is 174 Å². The van der Waals surface area contributed by atoms with Crippen molar-refractivity contribution in [1.82, 2.24) is 5.43 Å². The maximum atomic E-state index is 12.2. The van der Waals surface area contributed by atoms with Crippen LogP contribution in [0.5, 0.6) is 11.5 Å². The highest BCUT2D eigenvalue weighted by atomic mass is 35.5. The van der Waals surface area contributed by atoms with Crippen molar-refractivity contribution >= 4 is 23.7 Å². The number of benzene rings is 3. The summed E-state index contributed by atoms with van der Waals surface area (Å²) in [5.41, 5.74) is 5.67. The number of carbonyl (C=O) groups is 1. The van der Waals surface area contributed by atoms with Crippen LogP contribution in [0.15, 0.2) is 71.8 Å². The Hall–Kier alpha value is -3.31. The van der Waals surface area contributed by atoms with Crippen LogP contribution < -0.4 is 14.9 Å². The largest absolute Gasteiger partial charge is 0.493 e. The van der Waals surface area contributed by atoms with Gasteiger partial charge in [-0.3, -0.25) is 4.79 Å². The van der Waals surface area contributed by atoms with Crippen molar-refractivity contribution in [1.29, 1.82) is 0 Å². The highest BCUT2D eigenvalue weighted by Gasteiger charge is 2.12. The number of rotatable bonds is 7. The Morgan fingerprint density at radius 1 is 1.10 bits per heavy atom. The van der Waals surface area contributed by atoms with Gasteiger partial charge < -0.3 is 9.47 Å². The lowest BCUT2D eigenvalue weighted by atomic mass is 10.1. The molecule has 6 heteroatoms. The van der Waals surface area contributed by atoms with Gasteiger partial charge in [-0.2, -0.15) is 5.10 Å². The summed E-state index contributed by atoms with van der Waals surface area (Å²) in [4.78, 5) is 12.2. The quantitative estimate of drug-likeness (QED) is 0.442. The van der Waals surface area contributed by atoms with Crippen LogP contribution in [-0.4, -0.2) is 19.2 Å². The minimum absolute atomic E-state index is 0.278. The van der Waals surface area contributed by atoms with Crippen molar-refractivity contribution in [3.63, 3.8) is 0 Å². The Bertz CT molecular complexity index is 1020. The van der Waals surface area contributed by atoms with E-state index in [1.54, 1.807) is 25.3 Å². The maximum Gasteiger partial charge on any atom is 0.271 e. The number of nitrogens with zero attached hydrogens (tertiary/aromatic N) is 1. The van der Waals surface area contributed by atoms with Gasteiger partial charge in [0.25, 0.3) is 5.91 Å². The van der Waals surface area contributed by atoms with Crippen LogP contribution in [0.2, 0.25) is 5.02 Å². The summed E-state index contributed by atoms with van der Waals surface area (Å²) in [6, 6.07) is 20.5. The van der Waals surface area contributed by atoms with Crippen molar-refractivity contribution in [3.05, 3.63) is 94.0 Å². The third kappa shape index (κ3) is 5.36. The predicted octanol–water partition coefficient (Wildman–Crippen LogP) is 5.00. The van der Waals surface area contributed by atoms with Crippen LogP contribution >= 0.6 is 11.6 Å². The number of nitrogens with one attached hydrogen (secondary N) is 1. The number of hydrogen-bond acceptors (Lipinski definition) is 4. The molecule has 3 aromatic rings. The fourth-order valence-electron chi connectivity index (χ4n) is 2.74. The highest BCUT2D eigenvalue weighted by Crippen LogP contribution is 2.36. The average Bonchev–Trinajstić information content (AvgIpc) is 2.73. The zero-order chi connectivity index (χ0) is 20.6. The van der Waals surface area contributed by atoms with E-state index in [0.717, 1.165) is 11.1 Å². The molecule has 148 valence electrons. The topological polar surface area (TPSA) is 59.9 Å². The van der Waals surface area contributed by atoms with Gasteiger partial charge in [0.05, 0.1) is 18.3 Å². The third-order valence-electron chi connectivity index (χ3n) is 4.25. The Morgan fingerprint density at radius 3 is 2.55 bits per heavy atom. The molecule has 0 spiro atoms. The zero-order valence-electron chi connectivity index (χ0n) is 16.2. The van der Waals surface area contributed by atoms with Crippen LogP contribution in [0.25, 0.3) is 0 Å². The molecule has 1 N–H and O–H groups in total. The van der Waals surface area contributed by atoms with E-state index < -0.39 is 0 Å². The molecule has 0 bridgehead atoms. The van der Waals surface area contributed by atoms with E-state index in [9.17, 15) is 4.79 Å². The van der Waals surface area contributed by atoms with Crippen LogP contribution in [0.1, 0.15) is 27.0 Å². The fourth-order valence-corrected chi connectivity index (χ4v) is 3.01. The monoisotopic (exact) mass is 408 g/mol. The van der Waals surface area contributed by atoms with Crippen molar-refractivity contribution in [2.24, 2.45) is 5.10 Å². The summed E-state index contributed by atoms with van der Waals surface area (Å²) >= 11 is 6.38. The highest BCUT2D eigenvalue weighted by molar-refractivity contribution is 6.32. The fraction of sp³-hybridized carbons (Fsp3) is 0.130. The minimum Gasteiger partial charge on any atom is -0.493 e. The van der Waals surface area contributed by atoms with Crippen LogP contribution in [0.3, 0.4) is 0 Å². The SMILES string of the molecule is COc1cc(/C=N\NC(=O)c2ccccc2C)cc(Cl)c1OCc1ccccc1.